The highest BCUT2D eigenvalue weighted by Crippen LogP contribution is 2.23. The van der Waals surface area contributed by atoms with E-state index in [0.717, 1.165) is 32.5 Å². The Morgan fingerprint density at radius 3 is 2.59 bits per heavy atom. The Labute approximate surface area is 116 Å². The minimum absolute atomic E-state index is 0.362. The molecule has 0 aliphatic heterocycles. The number of thiophene rings is 1. The summed E-state index contributed by atoms with van der Waals surface area (Å²) >= 11 is 5.27. The molecule has 0 aliphatic rings. The van der Waals surface area contributed by atoms with E-state index >= 15 is 0 Å². The van der Waals surface area contributed by atoms with Crippen LogP contribution in [0.25, 0.3) is 0 Å². The maximum absolute atomic E-state index is 5.62. The topological polar surface area (TPSA) is 41.3 Å². The van der Waals surface area contributed by atoms with Crippen molar-refractivity contribution in [3.8, 4) is 0 Å². The molecule has 0 amide bonds. The standard InChI is InChI=1S/C12H22BrN3S/c1-3-16(4-2)8-7-10(15-14)9-11-5-6-12(13)17-11/h5-6,10,15H,3-4,7-9,14H2,1-2H3. The summed E-state index contributed by atoms with van der Waals surface area (Å²) in [5.41, 5.74) is 2.93. The summed E-state index contributed by atoms with van der Waals surface area (Å²) in [7, 11) is 0. The Balaban J connectivity index is 2.38. The summed E-state index contributed by atoms with van der Waals surface area (Å²) in [5, 5.41) is 0. The second kappa shape index (κ2) is 8.21. The van der Waals surface area contributed by atoms with E-state index in [4.69, 9.17) is 5.84 Å². The molecule has 1 rings (SSSR count). The SMILES string of the molecule is CCN(CC)CCC(Cc1ccc(Br)s1)NN. The summed E-state index contributed by atoms with van der Waals surface area (Å²) in [6.45, 7) is 7.72. The highest BCUT2D eigenvalue weighted by Gasteiger charge is 2.10. The van der Waals surface area contributed by atoms with E-state index in [2.05, 4.69) is 52.2 Å². The van der Waals surface area contributed by atoms with E-state index in [9.17, 15) is 0 Å². The predicted molar refractivity (Wildman–Crippen MR) is 79.2 cm³/mol. The molecule has 17 heavy (non-hydrogen) atoms. The molecule has 1 aromatic heterocycles. The molecule has 1 aromatic rings. The molecular formula is C12H22BrN3S. The molecular weight excluding hydrogens is 298 g/mol. The summed E-state index contributed by atoms with van der Waals surface area (Å²) < 4.78 is 1.19. The molecule has 0 saturated carbocycles. The summed E-state index contributed by atoms with van der Waals surface area (Å²) in [4.78, 5) is 3.80. The third-order valence-corrected chi connectivity index (χ3v) is 4.65. The first-order chi connectivity index (χ1) is 8.19. The highest BCUT2D eigenvalue weighted by atomic mass is 79.9. The van der Waals surface area contributed by atoms with Gasteiger partial charge in [-0.25, -0.2) is 0 Å². The largest absolute Gasteiger partial charge is 0.304 e. The molecule has 5 heteroatoms. The fourth-order valence-electron chi connectivity index (χ4n) is 1.83. The van der Waals surface area contributed by atoms with Crippen molar-refractivity contribution in [3.05, 3.63) is 20.8 Å². The number of hydrogen-bond donors (Lipinski definition) is 2. The third-order valence-electron chi connectivity index (χ3n) is 3.00. The van der Waals surface area contributed by atoms with Gasteiger partial charge in [0.05, 0.1) is 3.79 Å². The van der Waals surface area contributed by atoms with Crippen molar-refractivity contribution in [2.45, 2.75) is 32.7 Å². The van der Waals surface area contributed by atoms with E-state index in [0.29, 0.717) is 6.04 Å². The molecule has 0 bridgehead atoms. The maximum Gasteiger partial charge on any atom is 0.0701 e. The Morgan fingerprint density at radius 1 is 1.41 bits per heavy atom. The van der Waals surface area contributed by atoms with Gasteiger partial charge in [0.1, 0.15) is 0 Å². The van der Waals surface area contributed by atoms with Gasteiger partial charge >= 0.3 is 0 Å². The van der Waals surface area contributed by atoms with Crippen LogP contribution in [0.2, 0.25) is 0 Å². The van der Waals surface area contributed by atoms with Crippen LogP contribution in [0.3, 0.4) is 0 Å². The summed E-state index contributed by atoms with van der Waals surface area (Å²) in [5.74, 6) is 5.62. The lowest BCUT2D eigenvalue weighted by molar-refractivity contribution is 0.281. The van der Waals surface area contributed by atoms with Crippen LogP contribution in [0.1, 0.15) is 25.1 Å². The van der Waals surface area contributed by atoms with Crippen molar-refractivity contribution in [1.29, 1.82) is 0 Å². The number of halogens is 1. The average molecular weight is 320 g/mol. The minimum atomic E-state index is 0.362. The Bertz CT molecular complexity index is 312. The first kappa shape index (κ1) is 15.1. The van der Waals surface area contributed by atoms with Gasteiger partial charge in [0.15, 0.2) is 0 Å². The highest BCUT2D eigenvalue weighted by molar-refractivity contribution is 9.11. The van der Waals surface area contributed by atoms with Gasteiger partial charge in [0, 0.05) is 10.9 Å². The van der Waals surface area contributed by atoms with Crippen LogP contribution in [-0.2, 0) is 6.42 Å². The number of hydrazine groups is 1. The molecule has 1 heterocycles. The van der Waals surface area contributed by atoms with E-state index in [-0.39, 0.29) is 0 Å². The predicted octanol–water partition coefficient (Wildman–Crippen LogP) is 2.62. The number of rotatable bonds is 8. The zero-order valence-electron chi connectivity index (χ0n) is 10.6. The smallest absolute Gasteiger partial charge is 0.0701 e. The second-order valence-electron chi connectivity index (χ2n) is 4.09. The number of nitrogens with zero attached hydrogens (tertiary/aromatic N) is 1. The van der Waals surface area contributed by atoms with Crippen molar-refractivity contribution in [3.63, 3.8) is 0 Å². The van der Waals surface area contributed by atoms with Crippen molar-refractivity contribution in [2.24, 2.45) is 5.84 Å². The molecule has 0 aliphatic carbocycles. The lowest BCUT2D eigenvalue weighted by Gasteiger charge is -2.22. The zero-order chi connectivity index (χ0) is 12.7. The van der Waals surface area contributed by atoms with E-state index < -0.39 is 0 Å². The molecule has 0 fully saturated rings. The summed E-state index contributed by atoms with van der Waals surface area (Å²) in [6, 6.07) is 4.62. The Morgan fingerprint density at radius 2 is 2.12 bits per heavy atom. The van der Waals surface area contributed by atoms with Crippen molar-refractivity contribution >= 4 is 27.3 Å². The normalized spacial score (nSPS) is 13.2. The van der Waals surface area contributed by atoms with Gasteiger partial charge in [-0.05, 0) is 60.5 Å². The fourth-order valence-corrected chi connectivity index (χ4v) is 3.39. The van der Waals surface area contributed by atoms with Crippen molar-refractivity contribution in [1.82, 2.24) is 10.3 Å². The molecule has 3 nitrogen and oxygen atoms in total. The van der Waals surface area contributed by atoms with Gasteiger partial charge in [0.25, 0.3) is 0 Å². The van der Waals surface area contributed by atoms with Gasteiger partial charge in [-0.15, -0.1) is 11.3 Å². The van der Waals surface area contributed by atoms with E-state index in [1.165, 1.54) is 8.66 Å². The minimum Gasteiger partial charge on any atom is -0.304 e. The van der Waals surface area contributed by atoms with Crippen molar-refractivity contribution < 1.29 is 0 Å². The van der Waals surface area contributed by atoms with Gasteiger partial charge in [0.2, 0.25) is 0 Å². The van der Waals surface area contributed by atoms with Crippen molar-refractivity contribution in [2.75, 3.05) is 19.6 Å². The monoisotopic (exact) mass is 319 g/mol. The van der Waals surface area contributed by atoms with Gasteiger partial charge < -0.3 is 4.90 Å². The molecule has 0 saturated heterocycles. The molecule has 0 spiro atoms. The van der Waals surface area contributed by atoms with Crippen LogP contribution in [0.5, 0.6) is 0 Å². The maximum atomic E-state index is 5.62. The quantitative estimate of drug-likeness (QED) is 0.571. The van der Waals surface area contributed by atoms with E-state index in [1.807, 2.05) is 0 Å². The van der Waals surface area contributed by atoms with Gasteiger partial charge in [-0.3, -0.25) is 11.3 Å². The third kappa shape index (κ3) is 5.48. The number of hydrogen-bond acceptors (Lipinski definition) is 4. The van der Waals surface area contributed by atoms with Crippen LogP contribution in [0.15, 0.2) is 15.9 Å². The van der Waals surface area contributed by atoms with Gasteiger partial charge in [-0.2, -0.15) is 0 Å². The first-order valence-corrected chi connectivity index (χ1v) is 7.73. The zero-order valence-corrected chi connectivity index (χ0v) is 13.0. The summed E-state index contributed by atoms with van der Waals surface area (Å²) in [6.07, 6.45) is 2.10. The first-order valence-electron chi connectivity index (χ1n) is 6.12. The molecule has 1 atom stereocenters. The number of nitrogens with one attached hydrogen (secondary N) is 1. The van der Waals surface area contributed by atoms with Crippen LogP contribution >= 0.6 is 27.3 Å². The van der Waals surface area contributed by atoms with Crippen LogP contribution in [0, 0.1) is 0 Å². The number of nitrogens with two attached hydrogens (primary N) is 1. The van der Waals surface area contributed by atoms with E-state index in [1.54, 1.807) is 11.3 Å². The Hall–Kier alpha value is 0.0600. The average Bonchev–Trinajstić information content (AvgIpc) is 2.74. The van der Waals surface area contributed by atoms with Crippen LogP contribution in [-0.4, -0.2) is 30.6 Å². The van der Waals surface area contributed by atoms with Gasteiger partial charge in [-0.1, -0.05) is 13.8 Å². The Kier molecular flexibility index (Phi) is 7.30. The fraction of sp³-hybridized carbons (Fsp3) is 0.667. The second-order valence-corrected chi connectivity index (χ2v) is 6.64. The lowest BCUT2D eigenvalue weighted by Crippen LogP contribution is -2.39. The molecule has 1 unspecified atom stereocenters. The molecule has 98 valence electrons. The lowest BCUT2D eigenvalue weighted by atomic mass is 10.1. The molecule has 3 N–H and O–H groups in total. The molecule has 0 radical (unpaired) electrons. The van der Waals surface area contributed by atoms with Crippen LogP contribution in [0.4, 0.5) is 0 Å². The molecule has 0 aromatic carbocycles. The van der Waals surface area contributed by atoms with Crippen LogP contribution < -0.4 is 11.3 Å².